The lowest BCUT2D eigenvalue weighted by Gasteiger charge is -2.10. The summed E-state index contributed by atoms with van der Waals surface area (Å²) in [6.07, 6.45) is 2.44. The minimum Gasteiger partial charge on any atom is -0.362 e. The zero-order valence-electron chi connectivity index (χ0n) is 8.11. The molecule has 1 aromatic rings. The molecule has 1 saturated carbocycles. The molecule has 1 N–H and O–H groups in total. The van der Waals surface area contributed by atoms with E-state index in [1.54, 1.807) is 0 Å². The number of nitriles is 1. The summed E-state index contributed by atoms with van der Waals surface area (Å²) in [5.74, 6) is 0. The van der Waals surface area contributed by atoms with Crippen molar-refractivity contribution in [1.82, 2.24) is 4.98 Å². The molecule has 0 amide bonds. The standard InChI is InChI=1S/C9H7ClN4O2/c10-8-3-6(7(4-12-8)14(15)16)13-9(5-11)1-2-9/h3-4H,1-2H2,(H,12,13). The van der Waals surface area contributed by atoms with E-state index >= 15 is 0 Å². The van der Waals surface area contributed by atoms with Crippen molar-refractivity contribution in [2.45, 2.75) is 18.4 Å². The Balaban J connectivity index is 2.35. The summed E-state index contributed by atoms with van der Waals surface area (Å²) >= 11 is 5.66. The van der Waals surface area contributed by atoms with Crippen molar-refractivity contribution in [1.29, 1.82) is 5.26 Å². The van der Waals surface area contributed by atoms with Crippen molar-refractivity contribution >= 4 is 23.0 Å². The Labute approximate surface area is 96.0 Å². The van der Waals surface area contributed by atoms with Gasteiger partial charge < -0.3 is 5.32 Å². The Morgan fingerprint density at radius 2 is 2.38 bits per heavy atom. The van der Waals surface area contributed by atoms with E-state index in [9.17, 15) is 10.1 Å². The van der Waals surface area contributed by atoms with Crippen LogP contribution in [0.4, 0.5) is 11.4 Å². The molecule has 16 heavy (non-hydrogen) atoms. The highest BCUT2D eigenvalue weighted by Gasteiger charge is 2.44. The van der Waals surface area contributed by atoms with Gasteiger partial charge in [0.15, 0.2) is 0 Å². The number of hydrogen-bond acceptors (Lipinski definition) is 5. The fourth-order valence-electron chi connectivity index (χ4n) is 1.32. The van der Waals surface area contributed by atoms with Gasteiger partial charge in [-0.15, -0.1) is 0 Å². The number of nitro groups is 1. The molecule has 2 rings (SSSR count). The molecule has 0 bridgehead atoms. The zero-order chi connectivity index (χ0) is 11.8. The van der Waals surface area contributed by atoms with E-state index in [0.29, 0.717) is 12.8 Å². The molecule has 1 aliphatic carbocycles. The summed E-state index contributed by atoms with van der Waals surface area (Å²) in [7, 11) is 0. The van der Waals surface area contributed by atoms with Crippen molar-refractivity contribution in [2.24, 2.45) is 0 Å². The third-order valence-electron chi connectivity index (χ3n) is 2.38. The molecule has 1 aliphatic rings. The van der Waals surface area contributed by atoms with Crippen molar-refractivity contribution in [2.75, 3.05) is 5.32 Å². The monoisotopic (exact) mass is 238 g/mol. The van der Waals surface area contributed by atoms with Crippen LogP contribution in [0.15, 0.2) is 12.3 Å². The van der Waals surface area contributed by atoms with Crippen molar-refractivity contribution in [3.63, 3.8) is 0 Å². The molecule has 1 heterocycles. The zero-order valence-corrected chi connectivity index (χ0v) is 8.86. The summed E-state index contributed by atoms with van der Waals surface area (Å²) in [5.41, 5.74) is -0.606. The van der Waals surface area contributed by atoms with Crippen LogP contribution >= 0.6 is 11.6 Å². The van der Waals surface area contributed by atoms with Crippen LogP contribution in [0.5, 0.6) is 0 Å². The number of anilines is 1. The topological polar surface area (TPSA) is 91.8 Å². The molecule has 0 saturated heterocycles. The Kier molecular flexibility index (Phi) is 2.40. The smallest absolute Gasteiger partial charge is 0.310 e. The van der Waals surface area contributed by atoms with Gasteiger partial charge in [-0.05, 0) is 12.8 Å². The molecule has 0 atom stereocenters. The number of pyridine rings is 1. The van der Waals surface area contributed by atoms with Gasteiger partial charge in [0.2, 0.25) is 0 Å². The largest absolute Gasteiger partial charge is 0.362 e. The first-order valence-electron chi connectivity index (χ1n) is 4.56. The summed E-state index contributed by atoms with van der Waals surface area (Å²) in [5, 5.41) is 22.6. The van der Waals surface area contributed by atoms with Crippen LogP contribution in [0.3, 0.4) is 0 Å². The fourth-order valence-corrected chi connectivity index (χ4v) is 1.47. The average Bonchev–Trinajstić information content (AvgIpc) is 2.98. The maximum Gasteiger partial charge on any atom is 0.310 e. The van der Waals surface area contributed by atoms with Gasteiger partial charge in [0, 0.05) is 6.07 Å². The number of nitrogens with one attached hydrogen (secondary N) is 1. The Bertz CT molecular complexity index is 493. The Morgan fingerprint density at radius 3 is 2.88 bits per heavy atom. The summed E-state index contributed by atoms with van der Waals surface area (Å²) in [6, 6.07) is 3.45. The molecule has 0 radical (unpaired) electrons. The van der Waals surface area contributed by atoms with E-state index in [0.717, 1.165) is 6.20 Å². The molecule has 82 valence electrons. The normalized spacial score (nSPS) is 16.2. The second kappa shape index (κ2) is 3.61. The van der Waals surface area contributed by atoms with Gasteiger partial charge in [-0.25, -0.2) is 4.98 Å². The maximum atomic E-state index is 10.7. The first-order valence-corrected chi connectivity index (χ1v) is 4.93. The molecule has 7 heteroatoms. The minimum atomic E-state index is -0.671. The van der Waals surface area contributed by atoms with E-state index in [2.05, 4.69) is 16.4 Å². The summed E-state index contributed by atoms with van der Waals surface area (Å²) in [4.78, 5) is 13.8. The third kappa shape index (κ3) is 1.90. The van der Waals surface area contributed by atoms with Gasteiger partial charge in [0.1, 0.15) is 22.6 Å². The Hall–Kier alpha value is -1.87. The van der Waals surface area contributed by atoms with Gasteiger partial charge >= 0.3 is 5.69 Å². The highest BCUT2D eigenvalue weighted by atomic mass is 35.5. The number of halogens is 1. The maximum absolute atomic E-state index is 10.7. The quantitative estimate of drug-likeness (QED) is 0.495. The van der Waals surface area contributed by atoms with Gasteiger partial charge in [0.05, 0.1) is 11.0 Å². The second-order valence-corrected chi connectivity index (χ2v) is 3.99. The number of hydrogen-bond donors (Lipinski definition) is 1. The molecule has 0 unspecified atom stereocenters. The molecule has 0 spiro atoms. The lowest BCUT2D eigenvalue weighted by atomic mass is 10.2. The minimum absolute atomic E-state index is 0.154. The number of aromatic nitrogens is 1. The first-order chi connectivity index (χ1) is 7.56. The van der Waals surface area contributed by atoms with E-state index in [1.165, 1.54) is 6.07 Å². The predicted molar refractivity (Wildman–Crippen MR) is 57.1 cm³/mol. The van der Waals surface area contributed by atoms with Crippen molar-refractivity contribution < 1.29 is 4.92 Å². The van der Waals surface area contributed by atoms with Gasteiger partial charge in [-0.1, -0.05) is 11.6 Å². The van der Waals surface area contributed by atoms with Crippen LogP contribution in [0, 0.1) is 21.4 Å². The van der Waals surface area contributed by atoms with Crippen LogP contribution in [-0.2, 0) is 0 Å². The fraction of sp³-hybridized carbons (Fsp3) is 0.333. The van der Waals surface area contributed by atoms with Gasteiger partial charge in [-0.3, -0.25) is 10.1 Å². The SMILES string of the molecule is N#CC1(Nc2cc(Cl)ncc2[N+](=O)[O-])CC1. The lowest BCUT2D eigenvalue weighted by molar-refractivity contribution is -0.384. The Morgan fingerprint density at radius 1 is 1.69 bits per heavy atom. The summed E-state index contributed by atoms with van der Waals surface area (Å²) < 4.78 is 0. The average molecular weight is 239 g/mol. The molecular formula is C9H7ClN4O2. The van der Waals surface area contributed by atoms with E-state index in [4.69, 9.17) is 16.9 Å². The third-order valence-corrected chi connectivity index (χ3v) is 2.59. The molecule has 1 fully saturated rings. The van der Waals surface area contributed by atoms with E-state index < -0.39 is 10.5 Å². The van der Waals surface area contributed by atoms with E-state index in [-0.39, 0.29) is 16.5 Å². The molecule has 0 aliphatic heterocycles. The van der Waals surface area contributed by atoms with Crippen LogP contribution in [0.25, 0.3) is 0 Å². The highest BCUT2D eigenvalue weighted by Crippen LogP contribution is 2.40. The molecule has 6 nitrogen and oxygen atoms in total. The number of nitrogens with zero attached hydrogens (tertiary/aromatic N) is 3. The van der Waals surface area contributed by atoms with Crippen molar-refractivity contribution in [3.8, 4) is 6.07 Å². The lowest BCUT2D eigenvalue weighted by Crippen LogP contribution is -2.19. The second-order valence-electron chi connectivity index (χ2n) is 3.60. The molecular weight excluding hydrogens is 232 g/mol. The van der Waals surface area contributed by atoms with Crippen LogP contribution < -0.4 is 5.32 Å². The van der Waals surface area contributed by atoms with Gasteiger partial charge in [-0.2, -0.15) is 5.26 Å². The summed E-state index contributed by atoms with van der Waals surface area (Å²) in [6.45, 7) is 0. The molecule has 1 aromatic heterocycles. The van der Waals surface area contributed by atoms with Crippen LogP contribution in [-0.4, -0.2) is 15.4 Å². The highest BCUT2D eigenvalue weighted by molar-refractivity contribution is 6.29. The predicted octanol–water partition coefficient (Wildman–Crippen LogP) is 2.11. The van der Waals surface area contributed by atoms with E-state index in [1.807, 2.05) is 0 Å². The molecule has 0 aromatic carbocycles. The van der Waals surface area contributed by atoms with Crippen LogP contribution in [0.2, 0.25) is 5.15 Å². The first kappa shape index (κ1) is 10.6. The van der Waals surface area contributed by atoms with Gasteiger partial charge in [0.25, 0.3) is 0 Å². The van der Waals surface area contributed by atoms with Crippen molar-refractivity contribution in [3.05, 3.63) is 27.5 Å². The van der Waals surface area contributed by atoms with Crippen LogP contribution in [0.1, 0.15) is 12.8 Å². The number of rotatable bonds is 3.